The second-order valence-corrected chi connectivity index (χ2v) is 5.52. The quantitative estimate of drug-likeness (QED) is 0.312. The van der Waals surface area contributed by atoms with E-state index in [0.29, 0.717) is 38.0 Å². The molecular formula is C18H29FN4O3. The van der Waals surface area contributed by atoms with E-state index in [-0.39, 0.29) is 24.4 Å². The first-order chi connectivity index (χ1) is 12.6. The van der Waals surface area contributed by atoms with Crippen LogP contribution in [0.5, 0.6) is 5.75 Å². The first-order valence-electron chi connectivity index (χ1n) is 8.79. The fraction of sp³-hybridized carbons (Fsp3) is 0.556. The Morgan fingerprint density at radius 2 is 2.08 bits per heavy atom. The molecular weight excluding hydrogens is 339 g/mol. The number of nitrogens with one attached hydrogen (secondary N) is 3. The lowest BCUT2D eigenvalue weighted by Crippen LogP contribution is -2.43. The van der Waals surface area contributed by atoms with E-state index >= 15 is 0 Å². The maximum atomic E-state index is 13.3. The third kappa shape index (κ3) is 9.22. The van der Waals surface area contributed by atoms with Crippen LogP contribution < -0.4 is 20.7 Å². The molecule has 0 saturated carbocycles. The molecule has 0 aromatic heterocycles. The number of guanidine groups is 1. The summed E-state index contributed by atoms with van der Waals surface area (Å²) in [7, 11) is 1.58. The number of benzene rings is 1. The van der Waals surface area contributed by atoms with Crippen molar-refractivity contribution in [1.29, 1.82) is 0 Å². The van der Waals surface area contributed by atoms with Crippen molar-refractivity contribution in [2.45, 2.75) is 26.4 Å². The zero-order valence-electron chi connectivity index (χ0n) is 15.7. The normalized spacial score (nSPS) is 12.4. The fourth-order valence-corrected chi connectivity index (χ4v) is 2.05. The molecule has 7 nitrogen and oxygen atoms in total. The fourth-order valence-electron chi connectivity index (χ4n) is 2.05. The Bertz CT molecular complexity index is 569. The lowest BCUT2D eigenvalue weighted by molar-refractivity contribution is -0.119. The molecule has 1 rings (SSSR count). The Balaban J connectivity index is 2.51. The Morgan fingerprint density at radius 1 is 1.27 bits per heavy atom. The maximum absolute atomic E-state index is 13.3. The minimum absolute atomic E-state index is 0.0145. The van der Waals surface area contributed by atoms with Crippen LogP contribution in [0.25, 0.3) is 0 Å². The minimum atomic E-state index is -0.334. The van der Waals surface area contributed by atoms with Crippen LogP contribution in [0.3, 0.4) is 0 Å². The second kappa shape index (κ2) is 12.9. The number of ether oxygens (including phenoxy) is 2. The number of halogens is 1. The van der Waals surface area contributed by atoms with Gasteiger partial charge >= 0.3 is 0 Å². The highest BCUT2D eigenvalue weighted by Gasteiger charge is 2.10. The molecule has 26 heavy (non-hydrogen) atoms. The van der Waals surface area contributed by atoms with Gasteiger partial charge in [-0.3, -0.25) is 4.79 Å². The number of aliphatic imine (C=N–C) groups is 1. The summed E-state index contributed by atoms with van der Waals surface area (Å²) in [4.78, 5) is 16.0. The van der Waals surface area contributed by atoms with Gasteiger partial charge in [0.25, 0.3) is 0 Å². The van der Waals surface area contributed by atoms with Gasteiger partial charge in [0.05, 0.1) is 13.2 Å². The molecule has 146 valence electrons. The number of hydrogen-bond acceptors (Lipinski definition) is 4. The number of carbonyl (C=O) groups excluding carboxylic acids is 1. The molecule has 1 amide bonds. The van der Waals surface area contributed by atoms with Gasteiger partial charge in [-0.15, -0.1) is 0 Å². The van der Waals surface area contributed by atoms with E-state index in [9.17, 15) is 9.18 Å². The SMILES string of the molecule is CCNC(=NCC(=O)NCCOC)NCC(CC)Oc1cccc(F)c1. The monoisotopic (exact) mass is 368 g/mol. The van der Waals surface area contributed by atoms with Crippen LogP contribution in [0.4, 0.5) is 4.39 Å². The molecule has 0 heterocycles. The van der Waals surface area contributed by atoms with Crippen molar-refractivity contribution >= 4 is 11.9 Å². The average Bonchev–Trinajstić information content (AvgIpc) is 2.63. The Morgan fingerprint density at radius 3 is 2.73 bits per heavy atom. The van der Waals surface area contributed by atoms with Crippen LogP contribution in [0.15, 0.2) is 29.3 Å². The van der Waals surface area contributed by atoms with Crippen molar-refractivity contribution in [2.75, 3.05) is 39.9 Å². The maximum Gasteiger partial charge on any atom is 0.241 e. The Kier molecular flexibility index (Phi) is 10.8. The average molecular weight is 368 g/mol. The van der Waals surface area contributed by atoms with Gasteiger partial charge in [0.2, 0.25) is 5.91 Å². The van der Waals surface area contributed by atoms with Gasteiger partial charge in [-0.25, -0.2) is 9.38 Å². The van der Waals surface area contributed by atoms with Crippen molar-refractivity contribution in [3.63, 3.8) is 0 Å². The molecule has 0 aliphatic heterocycles. The topological polar surface area (TPSA) is 84.0 Å². The first-order valence-corrected chi connectivity index (χ1v) is 8.79. The van der Waals surface area contributed by atoms with Gasteiger partial charge in [-0.2, -0.15) is 0 Å². The molecule has 0 saturated heterocycles. The van der Waals surface area contributed by atoms with Crippen LogP contribution in [-0.4, -0.2) is 57.9 Å². The van der Waals surface area contributed by atoms with E-state index < -0.39 is 0 Å². The molecule has 1 aromatic carbocycles. The summed E-state index contributed by atoms with van der Waals surface area (Å²) in [6, 6.07) is 6.06. The van der Waals surface area contributed by atoms with Crippen LogP contribution >= 0.6 is 0 Å². The zero-order valence-corrected chi connectivity index (χ0v) is 15.7. The molecule has 0 aliphatic rings. The molecule has 1 aromatic rings. The molecule has 0 fully saturated rings. The number of rotatable bonds is 11. The van der Waals surface area contributed by atoms with Gasteiger partial charge in [-0.05, 0) is 25.5 Å². The number of hydrogen-bond donors (Lipinski definition) is 3. The van der Waals surface area contributed by atoms with Crippen molar-refractivity contribution in [3.8, 4) is 5.75 Å². The summed E-state index contributed by atoms with van der Waals surface area (Å²) < 4.78 is 23.9. The van der Waals surface area contributed by atoms with Gasteiger partial charge in [-0.1, -0.05) is 13.0 Å². The molecule has 0 bridgehead atoms. The van der Waals surface area contributed by atoms with Crippen LogP contribution in [-0.2, 0) is 9.53 Å². The molecule has 1 atom stereocenters. The second-order valence-electron chi connectivity index (χ2n) is 5.52. The summed E-state index contributed by atoms with van der Waals surface area (Å²) in [6.45, 7) is 6.00. The van der Waals surface area contributed by atoms with E-state index in [4.69, 9.17) is 9.47 Å². The van der Waals surface area contributed by atoms with Gasteiger partial charge < -0.3 is 25.4 Å². The van der Waals surface area contributed by atoms with Crippen molar-refractivity contribution in [3.05, 3.63) is 30.1 Å². The van der Waals surface area contributed by atoms with Crippen LogP contribution in [0.1, 0.15) is 20.3 Å². The molecule has 8 heteroatoms. The lowest BCUT2D eigenvalue weighted by Gasteiger charge is -2.20. The molecule has 0 spiro atoms. The Labute approximate surface area is 154 Å². The highest BCUT2D eigenvalue weighted by atomic mass is 19.1. The zero-order chi connectivity index (χ0) is 19.2. The summed E-state index contributed by atoms with van der Waals surface area (Å²) in [5.41, 5.74) is 0. The number of methoxy groups -OCH3 is 1. The third-order valence-corrected chi connectivity index (χ3v) is 3.40. The van der Waals surface area contributed by atoms with Crippen molar-refractivity contribution < 1.29 is 18.7 Å². The smallest absolute Gasteiger partial charge is 0.241 e. The van der Waals surface area contributed by atoms with Gasteiger partial charge in [0, 0.05) is 26.3 Å². The first kappa shape index (κ1) is 21.7. The lowest BCUT2D eigenvalue weighted by atomic mass is 10.2. The van der Waals surface area contributed by atoms with E-state index in [0.717, 1.165) is 6.42 Å². The minimum Gasteiger partial charge on any atom is -0.489 e. The number of amides is 1. The molecule has 1 unspecified atom stereocenters. The predicted molar refractivity (Wildman–Crippen MR) is 100.0 cm³/mol. The number of nitrogens with zero attached hydrogens (tertiary/aromatic N) is 1. The van der Waals surface area contributed by atoms with E-state index in [1.807, 2.05) is 13.8 Å². The highest BCUT2D eigenvalue weighted by Crippen LogP contribution is 2.14. The summed E-state index contributed by atoms with van der Waals surface area (Å²) >= 11 is 0. The van der Waals surface area contributed by atoms with E-state index in [1.165, 1.54) is 12.1 Å². The number of carbonyl (C=O) groups is 1. The van der Waals surface area contributed by atoms with Crippen molar-refractivity contribution in [1.82, 2.24) is 16.0 Å². The molecule has 0 aliphatic carbocycles. The van der Waals surface area contributed by atoms with E-state index in [2.05, 4.69) is 20.9 Å². The van der Waals surface area contributed by atoms with Crippen LogP contribution in [0, 0.1) is 5.82 Å². The summed E-state index contributed by atoms with van der Waals surface area (Å²) in [5, 5.41) is 8.93. The predicted octanol–water partition coefficient (Wildman–Crippen LogP) is 1.30. The van der Waals surface area contributed by atoms with Gasteiger partial charge in [0.15, 0.2) is 5.96 Å². The van der Waals surface area contributed by atoms with E-state index in [1.54, 1.807) is 19.2 Å². The van der Waals surface area contributed by atoms with Crippen molar-refractivity contribution in [2.24, 2.45) is 4.99 Å². The van der Waals surface area contributed by atoms with Crippen LogP contribution in [0.2, 0.25) is 0 Å². The van der Waals surface area contributed by atoms with Gasteiger partial charge in [0.1, 0.15) is 24.2 Å². The summed E-state index contributed by atoms with van der Waals surface area (Å²) in [5.74, 6) is 0.496. The largest absolute Gasteiger partial charge is 0.489 e. The standard InChI is InChI=1S/C18H29FN4O3/c1-4-15(26-16-8-6-7-14(19)11-16)12-22-18(20-5-2)23-13-17(24)21-9-10-25-3/h6-8,11,15H,4-5,9-10,12-13H2,1-3H3,(H,21,24)(H2,20,22,23). The Hall–Kier alpha value is -2.35. The molecule has 3 N–H and O–H groups in total. The molecule has 0 radical (unpaired) electrons. The highest BCUT2D eigenvalue weighted by molar-refractivity contribution is 5.84. The summed E-state index contributed by atoms with van der Waals surface area (Å²) in [6.07, 6.45) is 0.580. The third-order valence-electron chi connectivity index (χ3n) is 3.40.